The van der Waals surface area contributed by atoms with Gasteiger partial charge in [0, 0.05) is 13.1 Å². The largest absolute Gasteiger partial charge is 0.339 e. The molecule has 0 spiro atoms. The third-order valence-corrected chi connectivity index (χ3v) is 4.55. The number of carbonyl (C=O) groups excluding carboxylic acids is 1. The first-order valence-electron chi connectivity index (χ1n) is 7.07. The summed E-state index contributed by atoms with van der Waals surface area (Å²) in [6.45, 7) is 5.50. The Balaban J connectivity index is 2.10. The Bertz CT molecular complexity index is 473. The Morgan fingerprint density at radius 1 is 1.45 bits per heavy atom. The molecule has 1 aromatic carbocycles. The van der Waals surface area contributed by atoms with Gasteiger partial charge in [-0.25, -0.2) is 0 Å². The van der Waals surface area contributed by atoms with Crippen LogP contribution in [0.5, 0.6) is 0 Å². The monoisotopic (exact) mass is 314 g/mol. The lowest BCUT2D eigenvalue weighted by Gasteiger charge is -2.29. The van der Waals surface area contributed by atoms with Crippen molar-refractivity contribution in [3.8, 4) is 0 Å². The first-order valence-corrected chi connectivity index (χ1v) is 7.83. The van der Waals surface area contributed by atoms with Crippen LogP contribution in [0.25, 0.3) is 0 Å². The maximum absolute atomic E-state index is 12.6. The van der Waals surface area contributed by atoms with Crippen LogP contribution in [0.15, 0.2) is 18.2 Å². The number of piperidine rings is 1. The van der Waals surface area contributed by atoms with Crippen molar-refractivity contribution in [2.75, 3.05) is 26.2 Å². The van der Waals surface area contributed by atoms with E-state index < -0.39 is 0 Å². The molecule has 1 atom stereocenters. The molecule has 0 radical (unpaired) electrons. The molecule has 1 aliphatic rings. The fourth-order valence-corrected chi connectivity index (χ4v) is 2.97. The highest BCUT2D eigenvalue weighted by Gasteiger charge is 2.22. The van der Waals surface area contributed by atoms with E-state index in [9.17, 15) is 4.79 Å². The molecule has 1 amide bonds. The normalized spacial score (nSPS) is 18.9. The van der Waals surface area contributed by atoms with Gasteiger partial charge in [-0.1, -0.05) is 29.3 Å². The number of halogens is 2. The fraction of sp³-hybridized carbons (Fsp3) is 0.533. The van der Waals surface area contributed by atoms with Gasteiger partial charge in [-0.3, -0.25) is 4.79 Å². The summed E-state index contributed by atoms with van der Waals surface area (Å²) in [5.74, 6) is 0.483. The standard InChI is InChI=1S/C15H20Cl2N2O/c1-2-19(10-11-5-4-8-18-9-11)15(20)12-6-3-7-13(16)14(12)17/h3,6-7,11,18H,2,4-5,8-10H2,1H3. The van der Waals surface area contributed by atoms with E-state index in [-0.39, 0.29) is 5.91 Å². The predicted octanol–water partition coefficient (Wildman–Crippen LogP) is 3.46. The van der Waals surface area contributed by atoms with Crippen LogP contribution in [0.4, 0.5) is 0 Å². The zero-order chi connectivity index (χ0) is 14.5. The van der Waals surface area contributed by atoms with Crippen LogP contribution < -0.4 is 5.32 Å². The minimum absolute atomic E-state index is 0.0365. The van der Waals surface area contributed by atoms with Crippen LogP contribution in [0.2, 0.25) is 10.0 Å². The highest BCUT2D eigenvalue weighted by atomic mass is 35.5. The van der Waals surface area contributed by atoms with E-state index in [0.29, 0.717) is 28.1 Å². The zero-order valence-corrected chi connectivity index (χ0v) is 13.2. The highest BCUT2D eigenvalue weighted by molar-refractivity contribution is 6.43. The van der Waals surface area contributed by atoms with Crippen molar-refractivity contribution in [2.24, 2.45) is 5.92 Å². The lowest BCUT2D eigenvalue weighted by atomic mass is 9.98. The minimum atomic E-state index is -0.0365. The highest BCUT2D eigenvalue weighted by Crippen LogP contribution is 2.27. The van der Waals surface area contributed by atoms with E-state index >= 15 is 0 Å². The summed E-state index contributed by atoms with van der Waals surface area (Å²) in [5, 5.41) is 4.15. The van der Waals surface area contributed by atoms with E-state index in [2.05, 4.69) is 5.32 Å². The molecule has 2 rings (SSSR count). The number of nitrogens with one attached hydrogen (secondary N) is 1. The Morgan fingerprint density at radius 2 is 2.25 bits per heavy atom. The van der Waals surface area contributed by atoms with Crippen molar-refractivity contribution in [3.05, 3.63) is 33.8 Å². The van der Waals surface area contributed by atoms with Crippen LogP contribution in [0, 0.1) is 5.92 Å². The fourth-order valence-electron chi connectivity index (χ4n) is 2.59. The zero-order valence-electron chi connectivity index (χ0n) is 11.7. The van der Waals surface area contributed by atoms with Gasteiger partial charge in [0.25, 0.3) is 5.91 Å². The number of nitrogens with zero attached hydrogens (tertiary/aromatic N) is 1. The van der Waals surface area contributed by atoms with Gasteiger partial charge in [0.2, 0.25) is 0 Å². The predicted molar refractivity (Wildman–Crippen MR) is 83.6 cm³/mol. The maximum Gasteiger partial charge on any atom is 0.255 e. The molecule has 1 unspecified atom stereocenters. The number of hydrogen-bond donors (Lipinski definition) is 1. The van der Waals surface area contributed by atoms with Crippen LogP contribution in [-0.2, 0) is 0 Å². The van der Waals surface area contributed by atoms with Crippen LogP contribution in [0.1, 0.15) is 30.1 Å². The molecule has 110 valence electrons. The van der Waals surface area contributed by atoms with E-state index in [4.69, 9.17) is 23.2 Å². The van der Waals surface area contributed by atoms with Crippen molar-refractivity contribution in [1.82, 2.24) is 10.2 Å². The molecule has 1 saturated heterocycles. The molecule has 3 nitrogen and oxygen atoms in total. The Labute approximate surface area is 130 Å². The molecule has 1 N–H and O–H groups in total. The molecule has 0 aliphatic carbocycles. The summed E-state index contributed by atoms with van der Waals surface area (Å²) in [7, 11) is 0. The summed E-state index contributed by atoms with van der Waals surface area (Å²) in [6.07, 6.45) is 2.34. The average molecular weight is 315 g/mol. The van der Waals surface area contributed by atoms with Gasteiger partial charge >= 0.3 is 0 Å². The Kier molecular flexibility index (Phi) is 5.70. The third kappa shape index (κ3) is 3.66. The van der Waals surface area contributed by atoms with Crippen molar-refractivity contribution < 1.29 is 4.79 Å². The van der Waals surface area contributed by atoms with Crippen molar-refractivity contribution in [3.63, 3.8) is 0 Å². The second-order valence-electron chi connectivity index (χ2n) is 5.16. The smallest absolute Gasteiger partial charge is 0.255 e. The second kappa shape index (κ2) is 7.30. The quantitative estimate of drug-likeness (QED) is 0.923. The topological polar surface area (TPSA) is 32.3 Å². The second-order valence-corrected chi connectivity index (χ2v) is 5.94. The van der Waals surface area contributed by atoms with E-state index in [1.807, 2.05) is 11.8 Å². The summed E-state index contributed by atoms with van der Waals surface area (Å²) < 4.78 is 0. The molecule has 0 saturated carbocycles. The summed E-state index contributed by atoms with van der Waals surface area (Å²) in [4.78, 5) is 14.4. The number of hydrogen-bond acceptors (Lipinski definition) is 2. The van der Waals surface area contributed by atoms with Crippen molar-refractivity contribution >= 4 is 29.1 Å². The number of amides is 1. The van der Waals surface area contributed by atoms with Gasteiger partial charge in [0.1, 0.15) is 0 Å². The van der Waals surface area contributed by atoms with Gasteiger partial charge in [0.05, 0.1) is 15.6 Å². The van der Waals surface area contributed by atoms with Gasteiger partial charge in [-0.15, -0.1) is 0 Å². The summed E-state index contributed by atoms with van der Waals surface area (Å²) in [6, 6.07) is 5.19. The molecular formula is C15H20Cl2N2O. The number of rotatable bonds is 4. The molecule has 1 aliphatic heterocycles. The molecule has 1 heterocycles. The van der Waals surface area contributed by atoms with E-state index in [0.717, 1.165) is 19.6 Å². The van der Waals surface area contributed by atoms with Gasteiger partial charge in [-0.05, 0) is 50.9 Å². The molecule has 1 aromatic rings. The third-order valence-electron chi connectivity index (χ3n) is 3.73. The lowest BCUT2D eigenvalue weighted by Crippen LogP contribution is -2.41. The van der Waals surface area contributed by atoms with Crippen molar-refractivity contribution in [2.45, 2.75) is 19.8 Å². The maximum atomic E-state index is 12.6. The Morgan fingerprint density at radius 3 is 2.90 bits per heavy atom. The first kappa shape index (κ1) is 15.6. The summed E-state index contributed by atoms with van der Waals surface area (Å²) in [5.41, 5.74) is 0.491. The average Bonchev–Trinajstić information content (AvgIpc) is 2.48. The molecule has 0 bridgehead atoms. The van der Waals surface area contributed by atoms with Crippen LogP contribution in [0.3, 0.4) is 0 Å². The first-order chi connectivity index (χ1) is 9.63. The molecule has 0 aromatic heterocycles. The number of benzene rings is 1. The summed E-state index contributed by atoms with van der Waals surface area (Å²) >= 11 is 12.1. The Hall–Kier alpha value is -0.770. The van der Waals surface area contributed by atoms with Gasteiger partial charge in [0.15, 0.2) is 0 Å². The van der Waals surface area contributed by atoms with Crippen LogP contribution >= 0.6 is 23.2 Å². The molecule has 1 fully saturated rings. The van der Waals surface area contributed by atoms with Crippen LogP contribution in [-0.4, -0.2) is 37.0 Å². The van der Waals surface area contributed by atoms with Crippen molar-refractivity contribution in [1.29, 1.82) is 0 Å². The van der Waals surface area contributed by atoms with Gasteiger partial charge in [-0.2, -0.15) is 0 Å². The molecule has 20 heavy (non-hydrogen) atoms. The number of carbonyl (C=O) groups is 1. The van der Waals surface area contributed by atoms with E-state index in [1.165, 1.54) is 12.8 Å². The lowest BCUT2D eigenvalue weighted by molar-refractivity contribution is 0.0729. The SMILES string of the molecule is CCN(CC1CCCNC1)C(=O)c1cccc(Cl)c1Cl. The molecule has 5 heteroatoms. The van der Waals surface area contributed by atoms with E-state index in [1.54, 1.807) is 18.2 Å². The minimum Gasteiger partial charge on any atom is -0.339 e. The molecular weight excluding hydrogens is 295 g/mol. The van der Waals surface area contributed by atoms with Gasteiger partial charge < -0.3 is 10.2 Å².